The fourth-order valence-electron chi connectivity index (χ4n) is 3.38. The largest absolute Gasteiger partial charge is 0.325 e. The summed E-state index contributed by atoms with van der Waals surface area (Å²) in [4.78, 5) is 40.1. The smallest absolute Gasteiger partial charge is 0.323 e. The Balaban J connectivity index is 1.75. The Morgan fingerprint density at radius 2 is 1.81 bits per heavy atom. The molecule has 0 aliphatic carbocycles. The molecule has 140 valence electrons. The Morgan fingerprint density at radius 3 is 2.38 bits per heavy atom. The van der Waals surface area contributed by atoms with E-state index in [-0.39, 0.29) is 36.8 Å². The molecule has 0 saturated carbocycles. The van der Waals surface area contributed by atoms with Crippen molar-refractivity contribution < 1.29 is 22.8 Å². The van der Waals surface area contributed by atoms with Gasteiger partial charge in [-0.25, -0.2) is 13.2 Å². The van der Waals surface area contributed by atoms with E-state index in [4.69, 9.17) is 0 Å². The van der Waals surface area contributed by atoms with E-state index in [1.807, 2.05) is 13.0 Å². The van der Waals surface area contributed by atoms with Gasteiger partial charge in [0, 0.05) is 12.2 Å². The molecule has 2 fully saturated rings. The number of carbonyl (C=O) groups excluding carboxylic acids is 3. The predicted molar refractivity (Wildman–Crippen MR) is 95.3 cm³/mol. The molecule has 3 rings (SSSR count). The maximum atomic E-state index is 12.8. The highest BCUT2D eigenvalue weighted by Gasteiger charge is 2.53. The van der Waals surface area contributed by atoms with Crippen LogP contribution in [0.3, 0.4) is 0 Å². The summed E-state index contributed by atoms with van der Waals surface area (Å²) < 4.78 is 23.2. The number of sulfone groups is 1. The molecule has 9 heteroatoms. The third-order valence-corrected chi connectivity index (χ3v) is 6.56. The third kappa shape index (κ3) is 3.31. The topological polar surface area (TPSA) is 104 Å². The number of amides is 4. The minimum Gasteiger partial charge on any atom is -0.323 e. The Labute approximate surface area is 152 Å². The van der Waals surface area contributed by atoms with Crippen LogP contribution in [0.25, 0.3) is 0 Å². The first kappa shape index (κ1) is 18.4. The van der Waals surface area contributed by atoms with Gasteiger partial charge in [0.05, 0.1) is 11.5 Å². The van der Waals surface area contributed by atoms with E-state index in [0.29, 0.717) is 12.2 Å². The van der Waals surface area contributed by atoms with Gasteiger partial charge in [-0.05, 0) is 31.9 Å². The van der Waals surface area contributed by atoms with Gasteiger partial charge in [-0.3, -0.25) is 14.5 Å². The summed E-state index contributed by atoms with van der Waals surface area (Å²) >= 11 is 0. The second kappa shape index (κ2) is 6.71. The molecule has 26 heavy (non-hydrogen) atoms. The fourth-order valence-corrected chi connectivity index (χ4v) is 4.90. The molecule has 2 heterocycles. The molecule has 2 aliphatic heterocycles. The van der Waals surface area contributed by atoms with Crippen LogP contribution < -0.4 is 10.2 Å². The van der Waals surface area contributed by atoms with Crippen molar-refractivity contribution in [1.29, 1.82) is 0 Å². The first-order chi connectivity index (χ1) is 12.3. The number of nitrogens with zero attached hydrogens (tertiary/aromatic N) is 2. The summed E-state index contributed by atoms with van der Waals surface area (Å²) in [6.45, 7) is 1.84. The van der Waals surface area contributed by atoms with Crippen LogP contribution in [0.5, 0.6) is 0 Å². The molecule has 4 amide bonds. The van der Waals surface area contributed by atoms with Gasteiger partial charge in [0.1, 0.15) is 12.1 Å². The Kier molecular flexibility index (Phi) is 4.74. The van der Waals surface area contributed by atoms with Crippen LogP contribution in [-0.2, 0) is 19.4 Å². The molecule has 2 saturated heterocycles. The van der Waals surface area contributed by atoms with Gasteiger partial charge in [0.15, 0.2) is 9.84 Å². The van der Waals surface area contributed by atoms with Crippen LogP contribution in [0.1, 0.15) is 19.8 Å². The molecule has 0 atom stereocenters. The van der Waals surface area contributed by atoms with Crippen molar-refractivity contribution in [2.45, 2.75) is 25.3 Å². The van der Waals surface area contributed by atoms with Gasteiger partial charge in [-0.15, -0.1) is 0 Å². The summed E-state index contributed by atoms with van der Waals surface area (Å²) in [5.74, 6) is -1.18. The van der Waals surface area contributed by atoms with Crippen molar-refractivity contribution in [3.63, 3.8) is 0 Å². The molecular formula is C17H21N3O5S. The maximum absolute atomic E-state index is 12.8. The second-order valence-electron chi connectivity index (χ2n) is 6.53. The van der Waals surface area contributed by atoms with Gasteiger partial charge in [0.2, 0.25) is 5.91 Å². The number of likely N-dealkylation sites (N-methyl/N-ethyl adjacent to an activating group) is 1. The van der Waals surface area contributed by atoms with Crippen LogP contribution >= 0.6 is 0 Å². The van der Waals surface area contributed by atoms with E-state index in [2.05, 4.69) is 5.32 Å². The summed E-state index contributed by atoms with van der Waals surface area (Å²) in [7, 11) is -3.18. The lowest BCUT2D eigenvalue weighted by atomic mass is 9.92. The molecule has 8 nitrogen and oxygen atoms in total. The standard InChI is InChI=1S/C17H21N3O5S/c1-2-19(13-6-4-3-5-7-13)14(21)12-20-15(22)17(18-16(20)23)8-10-26(24,25)11-9-17/h3-7H,2,8-12H2,1H3,(H,18,23). The number of carbonyl (C=O) groups is 3. The lowest BCUT2D eigenvalue weighted by Crippen LogP contribution is -2.52. The third-order valence-electron chi connectivity index (χ3n) is 4.90. The highest BCUT2D eigenvalue weighted by molar-refractivity contribution is 7.91. The van der Waals surface area contributed by atoms with Crippen molar-refractivity contribution in [3.05, 3.63) is 30.3 Å². The highest BCUT2D eigenvalue weighted by Crippen LogP contribution is 2.30. The quantitative estimate of drug-likeness (QED) is 0.769. The zero-order valence-corrected chi connectivity index (χ0v) is 15.3. The van der Waals surface area contributed by atoms with Crippen LogP contribution in [-0.4, -0.2) is 61.3 Å². The summed E-state index contributed by atoms with van der Waals surface area (Å²) in [5.41, 5.74) is -0.516. The molecule has 0 radical (unpaired) electrons. The minimum atomic E-state index is -3.18. The van der Waals surface area contributed by atoms with E-state index in [0.717, 1.165) is 4.90 Å². The van der Waals surface area contributed by atoms with Gasteiger partial charge >= 0.3 is 6.03 Å². The van der Waals surface area contributed by atoms with Crippen molar-refractivity contribution in [1.82, 2.24) is 10.2 Å². The Hall–Kier alpha value is -2.42. The number of imide groups is 1. The Morgan fingerprint density at radius 1 is 1.19 bits per heavy atom. The summed E-state index contributed by atoms with van der Waals surface area (Å²) in [6.07, 6.45) is 0.0849. The monoisotopic (exact) mass is 379 g/mol. The van der Waals surface area contributed by atoms with E-state index >= 15 is 0 Å². The highest BCUT2D eigenvalue weighted by atomic mass is 32.2. The molecule has 1 N–H and O–H groups in total. The average Bonchev–Trinajstić information content (AvgIpc) is 2.84. The molecular weight excluding hydrogens is 358 g/mol. The number of para-hydroxylation sites is 1. The zero-order valence-electron chi connectivity index (χ0n) is 14.5. The number of anilines is 1. The molecule has 0 bridgehead atoms. The van der Waals surface area contributed by atoms with E-state index in [1.165, 1.54) is 4.90 Å². The van der Waals surface area contributed by atoms with Gasteiger partial charge in [0.25, 0.3) is 5.91 Å². The maximum Gasteiger partial charge on any atom is 0.325 e. The van der Waals surface area contributed by atoms with Crippen molar-refractivity contribution in [2.75, 3.05) is 29.5 Å². The normalized spacial score (nSPS) is 20.9. The molecule has 0 aromatic heterocycles. The van der Waals surface area contributed by atoms with Crippen molar-refractivity contribution in [3.8, 4) is 0 Å². The number of rotatable bonds is 4. The summed E-state index contributed by atoms with van der Waals surface area (Å²) in [5, 5.41) is 2.61. The van der Waals surface area contributed by atoms with Crippen LogP contribution in [0.15, 0.2) is 30.3 Å². The molecule has 1 aromatic rings. The zero-order chi connectivity index (χ0) is 18.9. The SMILES string of the molecule is CCN(C(=O)CN1C(=O)NC2(CCS(=O)(=O)CC2)C1=O)c1ccccc1. The minimum absolute atomic E-state index is 0.0424. The molecule has 2 aliphatic rings. The van der Waals surface area contributed by atoms with Gasteiger partial charge in [-0.2, -0.15) is 0 Å². The van der Waals surface area contributed by atoms with Crippen LogP contribution in [0.4, 0.5) is 10.5 Å². The predicted octanol–water partition coefficient (Wildman–Crippen LogP) is 0.539. The van der Waals surface area contributed by atoms with Crippen molar-refractivity contribution in [2.24, 2.45) is 0 Å². The van der Waals surface area contributed by atoms with Crippen molar-refractivity contribution >= 4 is 33.4 Å². The first-order valence-corrected chi connectivity index (χ1v) is 10.3. The second-order valence-corrected chi connectivity index (χ2v) is 8.83. The summed E-state index contributed by atoms with van der Waals surface area (Å²) in [6, 6.07) is 8.35. The van der Waals surface area contributed by atoms with Crippen LogP contribution in [0.2, 0.25) is 0 Å². The molecule has 0 unspecified atom stereocenters. The number of hydrogen-bond acceptors (Lipinski definition) is 5. The van der Waals surface area contributed by atoms with Gasteiger partial charge in [-0.1, -0.05) is 18.2 Å². The van der Waals surface area contributed by atoms with Gasteiger partial charge < -0.3 is 10.2 Å². The number of urea groups is 1. The first-order valence-electron chi connectivity index (χ1n) is 8.48. The number of benzene rings is 1. The molecule has 1 aromatic carbocycles. The van der Waals surface area contributed by atoms with Crippen LogP contribution in [0, 0.1) is 0 Å². The molecule has 1 spiro atoms. The van der Waals surface area contributed by atoms with E-state index in [9.17, 15) is 22.8 Å². The fraction of sp³-hybridized carbons (Fsp3) is 0.471. The lowest BCUT2D eigenvalue weighted by Gasteiger charge is -2.30. The number of hydrogen-bond donors (Lipinski definition) is 1. The van der Waals surface area contributed by atoms with E-state index in [1.54, 1.807) is 24.3 Å². The number of nitrogens with one attached hydrogen (secondary N) is 1. The Bertz CT molecular complexity index is 823. The van der Waals surface area contributed by atoms with E-state index < -0.39 is 27.3 Å². The average molecular weight is 379 g/mol. The lowest BCUT2D eigenvalue weighted by molar-refractivity contribution is -0.134.